The quantitative estimate of drug-likeness (QED) is 0.550. The number of nitrogens with zero attached hydrogens (tertiary/aromatic N) is 1. The first-order valence-corrected chi connectivity index (χ1v) is 11.3. The molecule has 1 aliphatic heterocycles. The van der Waals surface area contributed by atoms with Gasteiger partial charge in [-0.05, 0) is 62.1 Å². The van der Waals surface area contributed by atoms with Gasteiger partial charge in [0, 0.05) is 22.5 Å². The maximum absolute atomic E-state index is 12.9. The summed E-state index contributed by atoms with van der Waals surface area (Å²) in [5, 5.41) is 4.09. The smallest absolute Gasteiger partial charge is 0.338 e. The number of amides is 1. The summed E-state index contributed by atoms with van der Waals surface area (Å²) in [5.41, 5.74) is 6.81. The van der Waals surface area contributed by atoms with E-state index in [-0.39, 0.29) is 11.9 Å². The lowest BCUT2D eigenvalue weighted by atomic mass is 9.94. The maximum Gasteiger partial charge on any atom is 0.338 e. The van der Waals surface area contributed by atoms with Gasteiger partial charge in [0.25, 0.3) is 0 Å². The zero-order valence-corrected chi connectivity index (χ0v) is 18.2. The Morgan fingerprint density at radius 2 is 1.94 bits per heavy atom. The number of benzene rings is 2. The van der Waals surface area contributed by atoms with Gasteiger partial charge in [-0.25, -0.2) is 4.79 Å². The predicted octanol–water partition coefficient (Wildman–Crippen LogP) is 5.79. The molecule has 3 aromatic rings. The van der Waals surface area contributed by atoms with Gasteiger partial charge in [-0.15, -0.1) is 0 Å². The summed E-state index contributed by atoms with van der Waals surface area (Å²) in [7, 11) is 0. The van der Waals surface area contributed by atoms with E-state index in [2.05, 4.69) is 28.1 Å². The Morgan fingerprint density at radius 1 is 1.13 bits per heavy atom. The first kappa shape index (κ1) is 19.9. The summed E-state index contributed by atoms with van der Waals surface area (Å²) in [4.78, 5) is 25.3. The number of rotatable bonds is 3. The number of esters is 1. The minimum absolute atomic E-state index is 0.0187. The van der Waals surface area contributed by atoms with Crippen LogP contribution in [0.5, 0.6) is 0 Å². The standard InChI is InChI=1S/C26H28N2O3/c1-3-31-26(30)17-10-12-23-20(14-17)21-15-24(29)27-22-13-16(2)9-11-19(22)25(21)28(23)18-7-5-4-6-8-18/h9-14,18H,3-8,15H2,1-2H3,(H,27,29). The molecule has 1 N–H and O–H groups in total. The van der Waals surface area contributed by atoms with Crippen molar-refractivity contribution in [1.82, 2.24) is 4.57 Å². The maximum atomic E-state index is 12.9. The van der Waals surface area contributed by atoms with Crippen molar-refractivity contribution in [2.75, 3.05) is 11.9 Å². The van der Waals surface area contributed by atoms with Crippen molar-refractivity contribution in [2.45, 2.75) is 58.4 Å². The van der Waals surface area contributed by atoms with Gasteiger partial charge in [0.1, 0.15) is 0 Å². The Morgan fingerprint density at radius 3 is 2.71 bits per heavy atom. The zero-order valence-electron chi connectivity index (χ0n) is 18.2. The van der Waals surface area contributed by atoms with Crippen molar-refractivity contribution < 1.29 is 14.3 Å². The molecular weight excluding hydrogens is 388 g/mol. The molecule has 0 bridgehead atoms. The fourth-order valence-corrected chi connectivity index (χ4v) is 5.24. The van der Waals surface area contributed by atoms with Crippen molar-refractivity contribution in [3.63, 3.8) is 0 Å². The monoisotopic (exact) mass is 416 g/mol. The van der Waals surface area contributed by atoms with Crippen LogP contribution in [0.4, 0.5) is 5.69 Å². The first-order chi connectivity index (χ1) is 15.1. The van der Waals surface area contributed by atoms with Gasteiger partial charge in [-0.3, -0.25) is 4.79 Å². The third-order valence-electron chi connectivity index (χ3n) is 6.60. The van der Waals surface area contributed by atoms with Crippen LogP contribution in [-0.4, -0.2) is 23.1 Å². The van der Waals surface area contributed by atoms with Gasteiger partial charge in [0.05, 0.1) is 30.0 Å². The summed E-state index contributed by atoms with van der Waals surface area (Å²) in [6.07, 6.45) is 6.29. The highest BCUT2D eigenvalue weighted by Gasteiger charge is 2.30. The second kappa shape index (κ2) is 7.88. The second-order valence-electron chi connectivity index (χ2n) is 8.72. The third-order valence-corrected chi connectivity index (χ3v) is 6.60. The van der Waals surface area contributed by atoms with E-state index in [0.29, 0.717) is 24.6 Å². The van der Waals surface area contributed by atoms with Crippen molar-refractivity contribution >= 4 is 28.5 Å². The first-order valence-electron chi connectivity index (χ1n) is 11.3. The normalized spacial score (nSPS) is 16.4. The van der Waals surface area contributed by atoms with Crippen molar-refractivity contribution in [1.29, 1.82) is 0 Å². The summed E-state index contributed by atoms with van der Waals surface area (Å²) in [6, 6.07) is 12.5. The van der Waals surface area contributed by atoms with E-state index in [4.69, 9.17) is 4.74 Å². The number of hydrogen-bond acceptors (Lipinski definition) is 3. The summed E-state index contributed by atoms with van der Waals surface area (Å²) < 4.78 is 7.69. The van der Waals surface area contributed by atoms with Crippen LogP contribution in [0, 0.1) is 6.92 Å². The Hall–Kier alpha value is -3.08. The van der Waals surface area contributed by atoms with E-state index in [1.54, 1.807) is 0 Å². The lowest BCUT2D eigenvalue weighted by molar-refractivity contribution is -0.115. The third kappa shape index (κ3) is 3.42. The van der Waals surface area contributed by atoms with E-state index in [0.717, 1.165) is 51.8 Å². The van der Waals surface area contributed by atoms with Crippen LogP contribution < -0.4 is 5.32 Å². The molecule has 2 aliphatic rings. The van der Waals surface area contributed by atoms with Crippen molar-refractivity contribution in [3.8, 4) is 11.3 Å². The number of carbonyl (C=O) groups is 2. The number of carbonyl (C=O) groups excluding carboxylic acids is 2. The van der Waals surface area contributed by atoms with E-state index in [9.17, 15) is 9.59 Å². The molecule has 0 spiro atoms. The van der Waals surface area contributed by atoms with Gasteiger partial charge >= 0.3 is 5.97 Å². The van der Waals surface area contributed by atoms with E-state index < -0.39 is 0 Å². The molecule has 5 nitrogen and oxygen atoms in total. The van der Waals surface area contributed by atoms with Crippen LogP contribution in [0.3, 0.4) is 0 Å². The zero-order chi connectivity index (χ0) is 21.5. The summed E-state index contributed by atoms with van der Waals surface area (Å²) >= 11 is 0. The Kier molecular flexibility index (Phi) is 5.05. The molecule has 1 amide bonds. The lowest BCUT2D eigenvalue weighted by Gasteiger charge is -2.27. The van der Waals surface area contributed by atoms with E-state index in [1.807, 2.05) is 32.0 Å². The summed E-state index contributed by atoms with van der Waals surface area (Å²) in [5.74, 6) is -0.340. The Labute approximate surface area is 182 Å². The molecule has 0 atom stereocenters. The Bertz CT molecular complexity index is 1190. The molecule has 1 fully saturated rings. The van der Waals surface area contributed by atoms with E-state index >= 15 is 0 Å². The van der Waals surface area contributed by atoms with Gasteiger partial charge < -0.3 is 14.6 Å². The molecule has 5 rings (SSSR count). The predicted molar refractivity (Wildman–Crippen MR) is 123 cm³/mol. The van der Waals surface area contributed by atoms with Crippen LogP contribution in [0.2, 0.25) is 0 Å². The molecular formula is C26H28N2O3. The minimum atomic E-state index is -0.322. The average Bonchev–Trinajstić information content (AvgIpc) is 2.99. The van der Waals surface area contributed by atoms with Crippen LogP contribution >= 0.6 is 0 Å². The number of aromatic nitrogens is 1. The molecule has 2 aromatic carbocycles. The molecule has 160 valence electrons. The SMILES string of the molecule is CCOC(=O)c1ccc2c(c1)c1c(n2C2CCCCC2)-c2ccc(C)cc2NC(=O)C1. The Balaban J connectivity index is 1.81. The van der Waals surface area contributed by atoms with Crippen LogP contribution in [0.1, 0.15) is 66.6 Å². The van der Waals surface area contributed by atoms with Gasteiger partial charge in [-0.2, -0.15) is 0 Å². The highest BCUT2D eigenvalue weighted by atomic mass is 16.5. The van der Waals surface area contributed by atoms with Gasteiger partial charge in [-0.1, -0.05) is 31.4 Å². The molecule has 0 saturated heterocycles. The molecule has 5 heteroatoms. The minimum Gasteiger partial charge on any atom is -0.462 e. The lowest BCUT2D eigenvalue weighted by Crippen LogP contribution is -2.14. The molecule has 1 aromatic heterocycles. The number of hydrogen-bond donors (Lipinski definition) is 1. The number of anilines is 1. The van der Waals surface area contributed by atoms with Crippen LogP contribution in [-0.2, 0) is 16.0 Å². The molecule has 2 heterocycles. The molecule has 0 unspecified atom stereocenters. The fourth-order valence-electron chi connectivity index (χ4n) is 5.24. The highest BCUT2D eigenvalue weighted by molar-refractivity contribution is 6.07. The number of ether oxygens (including phenoxy) is 1. The average molecular weight is 417 g/mol. The fraction of sp³-hybridized carbons (Fsp3) is 0.385. The van der Waals surface area contributed by atoms with Crippen LogP contribution in [0.15, 0.2) is 36.4 Å². The van der Waals surface area contributed by atoms with Crippen molar-refractivity contribution in [3.05, 3.63) is 53.1 Å². The number of aryl methyl sites for hydroxylation is 1. The van der Waals surface area contributed by atoms with Gasteiger partial charge in [0.15, 0.2) is 0 Å². The highest BCUT2D eigenvalue weighted by Crippen LogP contribution is 2.44. The molecule has 0 radical (unpaired) electrons. The number of nitrogens with one attached hydrogen (secondary N) is 1. The van der Waals surface area contributed by atoms with Crippen LogP contribution in [0.25, 0.3) is 22.2 Å². The van der Waals surface area contributed by atoms with Crippen molar-refractivity contribution in [2.24, 2.45) is 0 Å². The molecule has 1 saturated carbocycles. The molecule has 31 heavy (non-hydrogen) atoms. The summed E-state index contributed by atoms with van der Waals surface area (Å²) in [6.45, 7) is 4.19. The largest absolute Gasteiger partial charge is 0.462 e. The topological polar surface area (TPSA) is 60.3 Å². The second-order valence-corrected chi connectivity index (χ2v) is 8.72. The molecule has 1 aliphatic carbocycles. The number of fused-ring (bicyclic) bond motifs is 5. The van der Waals surface area contributed by atoms with Gasteiger partial charge in [0.2, 0.25) is 5.91 Å². The van der Waals surface area contributed by atoms with E-state index in [1.165, 1.54) is 19.3 Å².